The van der Waals surface area contributed by atoms with Gasteiger partial charge in [-0.3, -0.25) is 9.59 Å². The van der Waals surface area contributed by atoms with Crippen LogP contribution in [0.25, 0.3) is 0 Å². The summed E-state index contributed by atoms with van der Waals surface area (Å²) in [5.41, 5.74) is 0.123. The van der Waals surface area contributed by atoms with Crippen molar-refractivity contribution < 1.29 is 28.7 Å². The maximum Gasteiger partial charge on any atom is 0.408 e. The van der Waals surface area contributed by atoms with Gasteiger partial charge in [0.25, 0.3) is 0 Å². The molecule has 38 heavy (non-hydrogen) atoms. The first-order valence-electron chi connectivity index (χ1n) is 13.4. The average molecular weight is 534 g/mol. The second kappa shape index (κ2) is 15.3. The van der Waals surface area contributed by atoms with Crippen LogP contribution in [0.2, 0.25) is 0 Å². The zero-order valence-electron chi connectivity index (χ0n) is 24.4. The van der Waals surface area contributed by atoms with Crippen LogP contribution < -0.4 is 16.0 Å². The molecule has 0 aromatic heterocycles. The van der Waals surface area contributed by atoms with Crippen LogP contribution in [0.15, 0.2) is 30.3 Å². The fourth-order valence-corrected chi connectivity index (χ4v) is 3.70. The molecule has 0 aliphatic rings. The Morgan fingerprint density at radius 1 is 0.763 bits per heavy atom. The third-order valence-electron chi connectivity index (χ3n) is 5.50. The molecular weight excluding hydrogens is 486 g/mol. The quantitative estimate of drug-likeness (QED) is 0.324. The summed E-state index contributed by atoms with van der Waals surface area (Å²) in [6.45, 7) is 16.7. The Kier molecular flexibility index (Phi) is 13.3. The van der Waals surface area contributed by atoms with Gasteiger partial charge in [-0.2, -0.15) is 0 Å². The Morgan fingerprint density at radius 2 is 1.26 bits per heavy atom. The largest absolute Gasteiger partial charge is 0.459 e. The van der Waals surface area contributed by atoms with Gasteiger partial charge in [0.2, 0.25) is 11.8 Å². The van der Waals surface area contributed by atoms with Crippen molar-refractivity contribution in [3.63, 3.8) is 0 Å². The zero-order valence-corrected chi connectivity index (χ0v) is 24.4. The molecule has 0 saturated carbocycles. The molecule has 0 bridgehead atoms. The number of benzene rings is 1. The molecule has 3 unspecified atom stereocenters. The van der Waals surface area contributed by atoms with Crippen molar-refractivity contribution in [3.8, 4) is 0 Å². The molecule has 9 heteroatoms. The van der Waals surface area contributed by atoms with Crippen molar-refractivity contribution in [2.75, 3.05) is 0 Å². The van der Waals surface area contributed by atoms with Gasteiger partial charge in [-0.25, -0.2) is 9.59 Å². The van der Waals surface area contributed by atoms with E-state index in [4.69, 9.17) is 9.47 Å². The lowest BCUT2D eigenvalue weighted by Gasteiger charge is -2.28. The van der Waals surface area contributed by atoms with E-state index in [1.807, 2.05) is 71.9 Å². The molecule has 0 heterocycles. The summed E-state index contributed by atoms with van der Waals surface area (Å²) < 4.78 is 10.8. The molecule has 3 N–H and O–H groups in total. The topological polar surface area (TPSA) is 123 Å². The highest BCUT2D eigenvalue weighted by Crippen LogP contribution is 2.13. The van der Waals surface area contributed by atoms with Crippen molar-refractivity contribution in [1.29, 1.82) is 0 Å². The molecule has 0 aliphatic heterocycles. The van der Waals surface area contributed by atoms with Crippen LogP contribution in [-0.2, 0) is 30.5 Å². The minimum absolute atomic E-state index is 0.0796. The maximum atomic E-state index is 13.3. The molecule has 1 rings (SSSR count). The normalized spacial score (nSPS) is 14.0. The van der Waals surface area contributed by atoms with E-state index in [2.05, 4.69) is 16.0 Å². The Bertz CT molecular complexity index is 909. The maximum absolute atomic E-state index is 13.3. The molecule has 3 amide bonds. The zero-order chi connectivity index (χ0) is 29.0. The number of amides is 3. The number of alkyl carbamates (subject to hydrolysis) is 1. The summed E-state index contributed by atoms with van der Waals surface area (Å²) >= 11 is 0. The first kappa shape index (κ1) is 32.9. The first-order chi connectivity index (χ1) is 17.6. The molecule has 3 atom stereocenters. The van der Waals surface area contributed by atoms with Gasteiger partial charge in [-0.05, 0) is 56.9 Å². The number of carbonyl (C=O) groups is 4. The Hall–Kier alpha value is -3.10. The summed E-state index contributed by atoms with van der Waals surface area (Å²) in [6.07, 6.45) is 0.00767. The van der Waals surface area contributed by atoms with Gasteiger partial charge in [0.15, 0.2) is 0 Å². The molecule has 0 radical (unpaired) electrons. The number of nitrogens with one attached hydrogen (secondary N) is 3. The van der Waals surface area contributed by atoms with Gasteiger partial charge in [-0.15, -0.1) is 0 Å². The highest BCUT2D eigenvalue weighted by molar-refractivity contribution is 5.93. The minimum atomic E-state index is -0.902. The Morgan fingerprint density at radius 3 is 1.74 bits per heavy atom. The second-order valence-electron chi connectivity index (χ2n) is 11.8. The van der Waals surface area contributed by atoms with Gasteiger partial charge in [0.05, 0.1) is 0 Å². The number of hydrogen-bond acceptors (Lipinski definition) is 6. The molecule has 1 aromatic carbocycles. The van der Waals surface area contributed by atoms with Crippen molar-refractivity contribution in [2.45, 2.75) is 105 Å². The molecule has 0 fully saturated rings. The molecule has 0 saturated heterocycles. The predicted octanol–water partition coefficient (Wildman–Crippen LogP) is 4.34. The molecule has 0 aliphatic carbocycles. The summed E-state index contributed by atoms with van der Waals surface area (Å²) in [7, 11) is 0. The number of carbonyl (C=O) groups excluding carboxylic acids is 4. The van der Waals surface area contributed by atoms with Crippen molar-refractivity contribution >= 4 is 23.9 Å². The van der Waals surface area contributed by atoms with Gasteiger partial charge in [0.1, 0.15) is 30.3 Å². The van der Waals surface area contributed by atoms with E-state index < -0.39 is 47.6 Å². The SMILES string of the molecule is CC(C)CC(NC(=O)OC(C)(C)C)C(=O)NC(CC(C)C)C(=O)NC(C(=O)OCc1ccccc1)C(C)C. The van der Waals surface area contributed by atoms with Crippen LogP contribution in [0.3, 0.4) is 0 Å². The van der Waals surface area contributed by atoms with Crippen LogP contribution in [0.4, 0.5) is 4.79 Å². The van der Waals surface area contributed by atoms with E-state index in [0.29, 0.717) is 12.8 Å². The van der Waals surface area contributed by atoms with Crippen LogP contribution >= 0.6 is 0 Å². The van der Waals surface area contributed by atoms with E-state index in [0.717, 1.165) is 5.56 Å². The van der Waals surface area contributed by atoms with Crippen molar-refractivity contribution in [1.82, 2.24) is 16.0 Å². The number of esters is 1. The second-order valence-corrected chi connectivity index (χ2v) is 11.8. The average Bonchev–Trinajstić information content (AvgIpc) is 2.78. The van der Waals surface area contributed by atoms with Crippen LogP contribution in [-0.4, -0.2) is 47.6 Å². The van der Waals surface area contributed by atoms with Crippen molar-refractivity contribution in [3.05, 3.63) is 35.9 Å². The molecule has 9 nitrogen and oxygen atoms in total. The summed E-state index contributed by atoms with van der Waals surface area (Å²) in [5, 5.41) is 8.20. The molecule has 1 aromatic rings. The van der Waals surface area contributed by atoms with Gasteiger partial charge >= 0.3 is 12.1 Å². The van der Waals surface area contributed by atoms with Crippen LogP contribution in [0, 0.1) is 17.8 Å². The third-order valence-corrected chi connectivity index (χ3v) is 5.50. The fraction of sp³-hybridized carbons (Fsp3) is 0.655. The predicted molar refractivity (Wildman–Crippen MR) is 147 cm³/mol. The van der Waals surface area contributed by atoms with E-state index in [1.165, 1.54) is 0 Å². The molecular formula is C29H47N3O6. The van der Waals surface area contributed by atoms with E-state index >= 15 is 0 Å². The van der Waals surface area contributed by atoms with Crippen LogP contribution in [0.5, 0.6) is 0 Å². The lowest BCUT2D eigenvalue weighted by Crippen LogP contribution is -2.57. The lowest BCUT2D eigenvalue weighted by atomic mass is 9.99. The summed E-state index contributed by atoms with van der Waals surface area (Å²) in [5.74, 6) is -1.57. The van der Waals surface area contributed by atoms with Gasteiger partial charge in [0, 0.05) is 0 Å². The molecule has 0 spiro atoms. The highest BCUT2D eigenvalue weighted by Gasteiger charge is 2.32. The molecule has 214 valence electrons. The lowest BCUT2D eigenvalue weighted by molar-refractivity contribution is -0.150. The number of ether oxygens (including phenoxy) is 2. The minimum Gasteiger partial charge on any atom is -0.459 e. The van der Waals surface area contributed by atoms with E-state index in [1.54, 1.807) is 20.8 Å². The third kappa shape index (κ3) is 12.9. The van der Waals surface area contributed by atoms with Gasteiger partial charge < -0.3 is 25.4 Å². The fourth-order valence-electron chi connectivity index (χ4n) is 3.70. The summed E-state index contributed by atoms with van der Waals surface area (Å²) in [4.78, 5) is 51.8. The Labute approximate surface area is 227 Å². The first-order valence-corrected chi connectivity index (χ1v) is 13.4. The smallest absolute Gasteiger partial charge is 0.408 e. The van der Waals surface area contributed by atoms with Crippen LogP contribution in [0.1, 0.15) is 80.7 Å². The number of hydrogen-bond donors (Lipinski definition) is 3. The Balaban J connectivity index is 2.97. The standard InChI is InChI=1S/C29H47N3O6/c1-18(2)15-22(30-25(33)23(16-19(3)4)31-28(36)38-29(7,8)9)26(34)32-24(20(5)6)27(35)37-17-21-13-11-10-12-14-21/h10-14,18-20,22-24H,15-17H2,1-9H3,(H,30,33)(H,31,36)(H,32,34). The summed E-state index contributed by atoms with van der Waals surface area (Å²) in [6, 6.07) is 6.62. The highest BCUT2D eigenvalue weighted by atomic mass is 16.6. The van der Waals surface area contributed by atoms with Gasteiger partial charge in [-0.1, -0.05) is 71.9 Å². The van der Waals surface area contributed by atoms with E-state index in [9.17, 15) is 19.2 Å². The number of rotatable bonds is 13. The van der Waals surface area contributed by atoms with Crippen molar-refractivity contribution in [2.24, 2.45) is 17.8 Å². The van der Waals surface area contributed by atoms with E-state index in [-0.39, 0.29) is 24.4 Å². The monoisotopic (exact) mass is 533 g/mol.